The Morgan fingerprint density at radius 1 is 1.67 bits per heavy atom. The molecule has 1 heterocycles. The van der Waals surface area contributed by atoms with Crippen molar-refractivity contribution in [2.45, 2.75) is 0 Å². The van der Waals surface area contributed by atoms with E-state index in [0.717, 1.165) is 6.07 Å². The second-order valence-corrected chi connectivity index (χ2v) is 2.51. The summed E-state index contributed by atoms with van der Waals surface area (Å²) in [5.41, 5.74) is 0. The molecule has 0 saturated carbocycles. The predicted molar refractivity (Wildman–Crippen MR) is 43.5 cm³/mol. The number of Topliss-reactive ketones (excluding diaryl/α,β-unsaturated/α-hetero) is 1. The zero-order valence-corrected chi connectivity index (χ0v) is 7.41. The van der Waals surface area contributed by atoms with Gasteiger partial charge in [0.05, 0.1) is 11.4 Å². The molecular weight excluding hydrogens is 230 g/mol. The van der Waals surface area contributed by atoms with Gasteiger partial charge in [0.15, 0.2) is 5.76 Å². The van der Waals surface area contributed by atoms with E-state index < -0.39 is 10.8 Å². The van der Waals surface area contributed by atoms with Gasteiger partial charge in [0.1, 0.15) is 4.92 Å². The van der Waals surface area contributed by atoms with Crippen molar-refractivity contribution in [1.29, 1.82) is 0 Å². The molecule has 0 saturated heterocycles. The number of rotatable bonds is 3. The highest BCUT2D eigenvalue weighted by Crippen LogP contribution is 2.16. The molecule has 1 aromatic heterocycles. The van der Waals surface area contributed by atoms with E-state index in [1.807, 2.05) is 0 Å². The van der Waals surface area contributed by atoms with Crippen LogP contribution in [0.1, 0.15) is 10.6 Å². The van der Waals surface area contributed by atoms with Crippen LogP contribution in [0.2, 0.25) is 0 Å². The van der Waals surface area contributed by atoms with E-state index >= 15 is 0 Å². The standard InChI is InChI=1S/C6H4BrNO4/c7-3-4(9)5-1-2-6(12-5)8(10)11/h1-2H,3H2. The van der Waals surface area contributed by atoms with E-state index in [0.29, 0.717) is 0 Å². The van der Waals surface area contributed by atoms with Gasteiger partial charge >= 0.3 is 5.88 Å². The second-order valence-electron chi connectivity index (χ2n) is 1.95. The number of halogens is 1. The van der Waals surface area contributed by atoms with Crippen LogP contribution in [0.5, 0.6) is 0 Å². The maximum Gasteiger partial charge on any atom is 0.433 e. The number of nitro groups is 1. The Bertz CT molecular complexity index is 319. The zero-order valence-electron chi connectivity index (χ0n) is 5.82. The van der Waals surface area contributed by atoms with Gasteiger partial charge in [-0.2, -0.15) is 0 Å². The van der Waals surface area contributed by atoms with Crippen LogP contribution in [0.3, 0.4) is 0 Å². The van der Waals surface area contributed by atoms with Crippen LogP contribution >= 0.6 is 15.9 Å². The van der Waals surface area contributed by atoms with E-state index in [4.69, 9.17) is 0 Å². The molecule has 0 aliphatic carbocycles. The average molecular weight is 234 g/mol. The van der Waals surface area contributed by atoms with Crippen molar-refractivity contribution >= 4 is 27.6 Å². The first-order chi connectivity index (χ1) is 5.65. The number of ketones is 1. The van der Waals surface area contributed by atoms with Gasteiger partial charge in [-0.15, -0.1) is 0 Å². The van der Waals surface area contributed by atoms with Gasteiger partial charge in [0.25, 0.3) is 0 Å². The molecular formula is C6H4BrNO4. The number of carbonyl (C=O) groups is 1. The number of carbonyl (C=O) groups excluding carboxylic acids is 1. The number of furan rings is 1. The first-order valence-corrected chi connectivity index (χ1v) is 4.10. The summed E-state index contributed by atoms with van der Waals surface area (Å²) < 4.78 is 4.62. The molecule has 0 aromatic carbocycles. The molecule has 64 valence electrons. The lowest BCUT2D eigenvalue weighted by Crippen LogP contribution is -1.96. The van der Waals surface area contributed by atoms with Crippen LogP contribution < -0.4 is 0 Å². The second kappa shape index (κ2) is 3.48. The van der Waals surface area contributed by atoms with Crippen LogP contribution in [0.4, 0.5) is 5.88 Å². The van der Waals surface area contributed by atoms with Gasteiger partial charge in [-0.1, -0.05) is 15.9 Å². The maximum absolute atomic E-state index is 10.9. The molecule has 0 radical (unpaired) electrons. The SMILES string of the molecule is O=C(CBr)c1ccc([N+](=O)[O-])o1. The lowest BCUT2D eigenvalue weighted by Gasteiger charge is -1.86. The van der Waals surface area contributed by atoms with E-state index in [1.54, 1.807) is 0 Å². The number of alkyl halides is 1. The minimum Gasteiger partial charge on any atom is -0.397 e. The predicted octanol–water partition coefficient (Wildman–Crippen LogP) is 1.77. The van der Waals surface area contributed by atoms with Crippen molar-refractivity contribution in [2.24, 2.45) is 0 Å². The first-order valence-electron chi connectivity index (χ1n) is 2.98. The van der Waals surface area contributed by atoms with Gasteiger partial charge in [0, 0.05) is 0 Å². The van der Waals surface area contributed by atoms with Crippen molar-refractivity contribution in [1.82, 2.24) is 0 Å². The quantitative estimate of drug-likeness (QED) is 0.345. The summed E-state index contributed by atoms with van der Waals surface area (Å²) in [7, 11) is 0. The number of hydrogen-bond donors (Lipinski definition) is 0. The average Bonchev–Trinajstić information content (AvgIpc) is 2.51. The normalized spacial score (nSPS) is 9.75. The van der Waals surface area contributed by atoms with E-state index in [1.165, 1.54) is 6.07 Å². The molecule has 0 N–H and O–H groups in total. The van der Waals surface area contributed by atoms with E-state index in [9.17, 15) is 14.9 Å². The zero-order chi connectivity index (χ0) is 9.14. The van der Waals surface area contributed by atoms with Gasteiger partial charge in [-0.3, -0.25) is 14.9 Å². The van der Waals surface area contributed by atoms with Gasteiger partial charge < -0.3 is 4.42 Å². The Morgan fingerprint density at radius 3 is 2.75 bits per heavy atom. The minimum atomic E-state index is -0.689. The third-order valence-corrected chi connectivity index (χ3v) is 1.68. The molecule has 0 atom stereocenters. The summed E-state index contributed by atoms with van der Waals surface area (Å²) >= 11 is 2.92. The molecule has 0 spiro atoms. The third kappa shape index (κ3) is 1.70. The molecule has 0 fully saturated rings. The summed E-state index contributed by atoms with van der Waals surface area (Å²) in [5, 5.41) is 10.2. The van der Waals surface area contributed by atoms with Gasteiger partial charge in [-0.25, -0.2) is 0 Å². The molecule has 1 rings (SSSR count). The van der Waals surface area contributed by atoms with E-state index in [-0.39, 0.29) is 16.9 Å². The summed E-state index contributed by atoms with van der Waals surface area (Å²) in [5.74, 6) is -0.735. The van der Waals surface area contributed by atoms with Crippen molar-refractivity contribution < 1.29 is 14.1 Å². The summed E-state index contributed by atoms with van der Waals surface area (Å²) in [6, 6.07) is 2.43. The Morgan fingerprint density at radius 2 is 2.33 bits per heavy atom. The van der Waals surface area contributed by atoms with Crippen molar-refractivity contribution in [2.75, 3.05) is 5.33 Å². The topological polar surface area (TPSA) is 73.3 Å². The van der Waals surface area contributed by atoms with Crippen LogP contribution in [-0.4, -0.2) is 16.0 Å². The van der Waals surface area contributed by atoms with Crippen LogP contribution in [0.15, 0.2) is 16.5 Å². The summed E-state index contributed by atoms with van der Waals surface area (Å²) in [6.07, 6.45) is 0. The Hall–Kier alpha value is -1.17. The lowest BCUT2D eigenvalue weighted by molar-refractivity contribution is -0.402. The molecule has 6 heteroatoms. The van der Waals surface area contributed by atoms with Crippen LogP contribution in [0.25, 0.3) is 0 Å². The molecule has 0 unspecified atom stereocenters. The maximum atomic E-state index is 10.9. The highest BCUT2D eigenvalue weighted by molar-refractivity contribution is 9.09. The largest absolute Gasteiger partial charge is 0.433 e. The van der Waals surface area contributed by atoms with Crippen molar-refractivity contribution in [3.63, 3.8) is 0 Å². The molecule has 0 bridgehead atoms. The summed E-state index contributed by atoms with van der Waals surface area (Å²) in [4.78, 5) is 20.3. The Kier molecular flexibility index (Phi) is 2.59. The van der Waals surface area contributed by atoms with Crippen molar-refractivity contribution in [3.8, 4) is 0 Å². The van der Waals surface area contributed by atoms with Crippen LogP contribution in [-0.2, 0) is 0 Å². The molecule has 1 aromatic rings. The minimum absolute atomic E-state index is 0.00132. The molecule has 0 aliphatic heterocycles. The van der Waals surface area contributed by atoms with Crippen molar-refractivity contribution in [3.05, 3.63) is 28.0 Å². The van der Waals surface area contributed by atoms with E-state index in [2.05, 4.69) is 20.3 Å². The lowest BCUT2D eigenvalue weighted by atomic mass is 10.3. The first kappa shape index (κ1) is 8.92. The van der Waals surface area contributed by atoms with Gasteiger partial charge in [0.2, 0.25) is 5.78 Å². The fourth-order valence-electron chi connectivity index (χ4n) is 0.642. The Balaban J connectivity index is 2.91. The highest BCUT2D eigenvalue weighted by atomic mass is 79.9. The molecule has 12 heavy (non-hydrogen) atoms. The monoisotopic (exact) mass is 233 g/mol. The fraction of sp³-hybridized carbons (Fsp3) is 0.167. The molecule has 5 nitrogen and oxygen atoms in total. The van der Waals surface area contributed by atoms with Crippen LogP contribution in [0, 0.1) is 10.1 Å². The smallest absolute Gasteiger partial charge is 0.397 e. The number of hydrogen-bond acceptors (Lipinski definition) is 4. The molecule has 0 amide bonds. The molecule has 0 aliphatic rings. The summed E-state index contributed by atoms with van der Waals surface area (Å²) in [6.45, 7) is 0. The van der Waals surface area contributed by atoms with Gasteiger partial charge in [-0.05, 0) is 6.07 Å². The fourth-order valence-corrected chi connectivity index (χ4v) is 0.918. The third-order valence-electron chi connectivity index (χ3n) is 1.17. The highest BCUT2D eigenvalue weighted by Gasteiger charge is 2.15. The Labute approximate surface area is 75.6 Å². The number of nitrogens with zero attached hydrogens (tertiary/aromatic N) is 1.